The first kappa shape index (κ1) is 12.3. The van der Waals surface area contributed by atoms with Crippen LogP contribution >= 0.6 is 0 Å². The molecule has 0 aliphatic heterocycles. The maximum Gasteiger partial charge on any atom is 0.243 e. The minimum Gasteiger partial charge on any atom is -0.496 e. The monoisotopic (exact) mass is 219 g/mol. The Bertz CT molecular complexity index is 372. The van der Waals surface area contributed by atoms with Gasteiger partial charge in [-0.2, -0.15) is 0 Å². The van der Waals surface area contributed by atoms with Crippen LogP contribution in [0.4, 0.5) is 0 Å². The quantitative estimate of drug-likeness (QED) is 0.771. The molecule has 0 aliphatic rings. The van der Waals surface area contributed by atoms with Gasteiger partial charge in [0.25, 0.3) is 0 Å². The molecule has 0 saturated carbocycles. The first-order valence-corrected chi connectivity index (χ1v) is 5.34. The molecule has 0 unspecified atom stereocenters. The SMILES string of the molecule is CCC=CC(=O)NCc1ccccc1OC. The lowest BCUT2D eigenvalue weighted by Gasteiger charge is -2.08. The molecule has 3 nitrogen and oxygen atoms in total. The zero-order chi connectivity index (χ0) is 11.8. The van der Waals surface area contributed by atoms with Crippen molar-refractivity contribution in [2.45, 2.75) is 19.9 Å². The highest BCUT2D eigenvalue weighted by Crippen LogP contribution is 2.16. The summed E-state index contributed by atoms with van der Waals surface area (Å²) in [5, 5.41) is 2.80. The maximum atomic E-state index is 11.3. The van der Waals surface area contributed by atoms with Crippen LogP contribution in [0.25, 0.3) is 0 Å². The van der Waals surface area contributed by atoms with E-state index in [0.29, 0.717) is 6.54 Å². The highest BCUT2D eigenvalue weighted by atomic mass is 16.5. The molecule has 16 heavy (non-hydrogen) atoms. The Balaban J connectivity index is 2.54. The molecule has 0 spiro atoms. The number of methoxy groups -OCH3 is 1. The lowest BCUT2D eigenvalue weighted by molar-refractivity contribution is -0.116. The summed E-state index contributed by atoms with van der Waals surface area (Å²) >= 11 is 0. The fraction of sp³-hybridized carbons (Fsp3) is 0.308. The molecule has 1 aromatic rings. The molecule has 1 amide bonds. The summed E-state index contributed by atoms with van der Waals surface area (Å²) in [7, 11) is 1.62. The average molecular weight is 219 g/mol. The van der Waals surface area contributed by atoms with E-state index in [4.69, 9.17) is 4.74 Å². The van der Waals surface area contributed by atoms with E-state index in [1.807, 2.05) is 37.3 Å². The zero-order valence-electron chi connectivity index (χ0n) is 9.69. The van der Waals surface area contributed by atoms with Crippen molar-refractivity contribution < 1.29 is 9.53 Å². The van der Waals surface area contributed by atoms with Gasteiger partial charge in [-0.3, -0.25) is 4.79 Å². The van der Waals surface area contributed by atoms with E-state index < -0.39 is 0 Å². The minimum absolute atomic E-state index is 0.0762. The Morgan fingerprint density at radius 1 is 1.44 bits per heavy atom. The van der Waals surface area contributed by atoms with Crippen molar-refractivity contribution in [2.75, 3.05) is 7.11 Å². The third kappa shape index (κ3) is 3.77. The number of amides is 1. The number of carbonyl (C=O) groups excluding carboxylic acids is 1. The third-order valence-corrected chi connectivity index (χ3v) is 2.15. The number of rotatable bonds is 5. The van der Waals surface area contributed by atoms with Gasteiger partial charge in [0.15, 0.2) is 0 Å². The van der Waals surface area contributed by atoms with Gasteiger partial charge >= 0.3 is 0 Å². The molecule has 1 N–H and O–H groups in total. The predicted molar refractivity (Wildman–Crippen MR) is 64.3 cm³/mol. The number of ether oxygens (including phenoxy) is 1. The van der Waals surface area contributed by atoms with E-state index in [1.54, 1.807) is 13.2 Å². The van der Waals surface area contributed by atoms with Crippen LogP contribution in [0.5, 0.6) is 5.75 Å². The molecule has 0 fully saturated rings. The van der Waals surface area contributed by atoms with E-state index in [1.165, 1.54) is 0 Å². The van der Waals surface area contributed by atoms with Crippen LogP contribution in [0.2, 0.25) is 0 Å². The number of allylic oxidation sites excluding steroid dienone is 1. The van der Waals surface area contributed by atoms with Gasteiger partial charge in [-0.25, -0.2) is 0 Å². The molecule has 86 valence electrons. The standard InChI is InChI=1S/C13H17NO2/c1-3-4-9-13(15)14-10-11-7-5-6-8-12(11)16-2/h4-9H,3,10H2,1-2H3,(H,14,15). The first-order chi connectivity index (χ1) is 7.77. The lowest BCUT2D eigenvalue weighted by atomic mass is 10.2. The van der Waals surface area contributed by atoms with Crippen molar-refractivity contribution in [2.24, 2.45) is 0 Å². The lowest BCUT2D eigenvalue weighted by Crippen LogP contribution is -2.20. The van der Waals surface area contributed by atoms with Crippen molar-refractivity contribution in [3.63, 3.8) is 0 Å². The van der Waals surface area contributed by atoms with Gasteiger partial charge in [-0.1, -0.05) is 31.2 Å². The fourth-order valence-corrected chi connectivity index (χ4v) is 1.32. The second-order valence-electron chi connectivity index (χ2n) is 3.34. The van der Waals surface area contributed by atoms with Gasteiger partial charge in [-0.05, 0) is 18.6 Å². The van der Waals surface area contributed by atoms with E-state index in [0.717, 1.165) is 17.7 Å². The summed E-state index contributed by atoms with van der Waals surface area (Å²) in [6.45, 7) is 2.47. The summed E-state index contributed by atoms with van der Waals surface area (Å²) in [5.41, 5.74) is 0.975. The summed E-state index contributed by atoms with van der Waals surface area (Å²) in [5.74, 6) is 0.718. The van der Waals surface area contributed by atoms with Gasteiger partial charge < -0.3 is 10.1 Å². The molecule has 0 saturated heterocycles. The Labute approximate surface area is 96.1 Å². The highest BCUT2D eigenvalue weighted by Gasteiger charge is 2.02. The number of para-hydroxylation sites is 1. The summed E-state index contributed by atoms with van der Waals surface area (Å²) in [6, 6.07) is 7.64. The second-order valence-corrected chi connectivity index (χ2v) is 3.34. The van der Waals surface area contributed by atoms with Crippen LogP contribution in [-0.2, 0) is 11.3 Å². The molecular formula is C13H17NO2. The van der Waals surface area contributed by atoms with Gasteiger partial charge in [-0.15, -0.1) is 0 Å². The van der Waals surface area contributed by atoms with Gasteiger partial charge in [0.1, 0.15) is 5.75 Å². The largest absolute Gasteiger partial charge is 0.496 e. The molecule has 0 aromatic heterocycles. The Morgan fingerprint density at radius 2 is 2.19 bits per heavy atom. The van der Waals surface area contributed by atoms with Gasteiger partial charge in [0.05, 0.1) is 7.11 Å². The van der Waals surface area contributed by atoms with E-state index in [-0.39, 0.29) is 5.91 Å². The predicted octanol–water partition coefficient (Wildman–Crippen LogP) is 2.28. The number of benzene rings is 1. The van der Waals surface area contributed by atoms with Crippen molar-refractivity contribution in [3.05, 3.63) is 42.0 Å². The molecular weight excluding hydrogens is 202 g/mol. The molecule has 0 aliphatic carbocycles. The minimum atomic E-state index is -0.0762. The van der Waals surface area contributed by atoms with Crippen molar-refractivity contribution in [1.82, 2.24) is 5.32 Å². The number of hydrogen-bond acceptors (Lipinski definition) is 2. The number of carbonyl (C=O) groups is 1. The van der Waals surface area contributed by atoms with E-state index in [2.05, 4.69) is 5.32 Å². The maximum absolute atomic E-state index is 11.3. The number of nitrogens with one attached hydrogen (secondary N) is 1. The molecule has 3 heteroatoms. The fourth-order valence-electron chi connectivity index (χ4n) is 1.32. The normalized spacial score (nSPS) is 10.4. The van der Waals surface area contributed by atoms with Crippen LogP contribution < -0.4 is 10.1 Å². The average Bonchev–Trinajstić information content (AvgIpc) is 2.34. The highest BCUT2D eigenvalue weighted by molar-refractivity contribution is 5.87. The molecule has 0 bridgehead atoms. The van der Waals surface area contributed by atoms with Gasteiger partial charge in [0, 0.05) is 12.1 Å². The Morgan fingerprint density at radius 3 is 2.88 bits per heavy atom. The summed E-state index contributed by atoms with van der Waals surface area (Å²) in [6.07, 6.45) is 4.25. The summed E-state index contributed by atoms with van der Waals surface area (Å²) in [4.78, 5) is 11.3. The van der Waals surface area contributed by atoms with Gasteiger partial charge in [0.2, 0.25) is 5.91 Å². The van der Waals surface area contributed by atoms with E-state index in [9.17, 15) is 4.79 Å². The molecule has 1 aromatic carbocycles. The third-order valence-electron chi connectivity index (χ3n) is 2.15. The molecule has 0 atom stereocenters. The Kier molecular flexibility index (Phi) is 5.12. The molecule has 1 rings (SSSR count). The van der Waals surface area contributed by atoms with Crippen LogP contribution in [-0.4, -0.2) is 13.0 Å². The number of hydrogen-bond donors (Lipinski definition) is 1. The topological polar surface area (TPSA) is 38.3 Å². The van der Waals surface area contributed by atoms with Crippen molar-refractivity contribution in [3.8, 4) is 5.75 Å². The Hall–Kier alpha value is -1.77. The van der Waals surface area contributed by atoms with Crippen LogP contribution in [0.1, 0.15) is 18.9 Å². The van der Waals surface area contributed by atoms with Crippen molar-refractivity contribution >= 4 is 5.91 Å². The van der Waals surface area contributed by atoms with Crippen molar-refractivity contribution in [1.29, 1.82) is 0 Å². The first-order valence-electron chi connectivity index (χ1n) is 5.34. The van der Waals surface area contributed by atoms with Crippen LogP contribution in [0, 0.1) is 0 Å². The van der Waals surface area contributed by atoms with Crippen LogP contribution in [0.15, 0.2) is 36.4 Å². The smallest absolute Gasteiger partial charge is 0.243 e. The summed E-state index contributed by atoms with van der Waals surface area (Å²) < 4.78 is 5.19. The zero-order valence-corrected chi connectivity index (χ0v) is 9.69. The molecule has 0 radical (unpaired) electrons. The van der Waals surface area contributed by atoms with E-state index >= 15 is 0 Å². The second kappa shape index (κ2) is 6.67. The van der Waals surface area contributed by atoms with Crippen LogP contribution in [0.3, 0.4) is 0 Å². The molecule has 0 heterocycles.